The molecule has 0 spiro atoms. The van der Waals surface area contributed by atoms with Crippen molar-refractivity contribution < 1.29 is 31.1 Å². The van der Waals surface area contributed by atoms with Gasteiger partial charge in [-0.3, -0.25) is 0 Å². The second-order valence-corrected chi connectivity index (χ2v) is 3.59. The first kappa shape index (κ1) is 10.6. The lowest BCUT2D eigenvalue weighted by molar-refractivity contribution is -0.243. The van der Waals surface area contributed by atoms with Crippen LogP contribution in [0.3, 0.4) is 0 Å². The summed E-state index contributed by atoms with van der Waals surface area (Å²) in [5.74, 6) is -5.54. The first-order valence-corrected chi connectivity index (χ1v) is 4.21. The van der Waals surface area contributed by atoms with E-state index in [2.05, 4.69) is 4.74 Å². The van der Waals surface area contributed by atoms with Gasteiger partial charge in [-0.1, -0.05) is 0 Å². The predicted octanol–water partition coefficient (Wildman–Crippen LogP) is 3.03. The number of hydrogen-bond acceptors (Lipinski definition) is 1. The molecule has 7 heteroatoms. The zero-order valence-electron chi connectivity index (χ0n) is 7.19. The SMILES string of the molecule is FC(F)(F)C1C2=CCC(O2)C1C(F)(F)F. The highest BCUT2D eigenvalue weighted by molar-refractivity contribution is 5.19. The summed E-state index contributed by atoms with van der Waals surface area (Å²) < 4.78 is 78.9. The van der Waals surface area contributed by atoms with Crippen LogP contribution in [0, 0.1) is 11.8 Å². The molecule has 3 unspecified atom stereocenters. The van der Waals surface area contributed by atoms with E-state index in [1.165, 1.54) is 0 Å². The Balaban J connectivity index is 2.35. The standard InChI is InChI=1S/C8H6F6O/c9-7(10,11)5-3-1-2-4(15-3)6(5)8(12,13)14/h1,4-6H,2H2. The average Bonchev–Trinajstić information content (AvgIpc) is 2.56. The van der Waals surface area contributed by atoms with Crippen LogP contribution in [-0.2, 0) is 4.74 Å². The maximum Gasteiger partial charge on any atom is 0.399 e. The first-order chi connectivity index (χ1) is 6.71. The van der Waals surface area contributed by atoms with E-state index in [-0.39, 0.29) is 6.42 Å². The van der Waals surface area contributed by atoms with Gasteiger partial charge in [0.15, 0.2) is 0 Å². The third-order valence-corrected chi connectivity index (χ3v) is 2.64. The third-order valence-electron chi connectivity index (χ3n) is 2.64. The zero-order chi connectivity index (χ0) is 11.4. The van der Waals surface area contributed by atoms with Gasteiger partial charge in [0.25, 0.3) is 0 Å². The van der Waals surface area contributed by atoms with Crippen LogP contribution in [0.15, 0.2) is 11.8 Å². The Morgan fingerprint density at radius 2 is 1.67 bits per heavy atom. The fourth-order valence-corrected chi connectivity index (χ4v) is 2.08. The Morgan fingerprint density at radius 3 is 2.07 bits per heavy atom. The molecular weight excluding hydrogens is 226 g/mol. The summed E-state index contributed by atoms with van der Waals surface area (Å²) in [5, 5.41) is 0. The summed E-state index contributed by atoms with van der Waals surface area (Å²) in [5.41, 5.74) is 0. The van der Waals surface area contributed by atoms with Crippen LogP contribution >= 0.6 is 0 Å². The Morgan fingerprint density at radius 1 is 1.07 bits per heavy atom. The highest BCUT2D eigenvalue weighted by Gasteiger charge is 2.66. The second-order valence-electron chi connectivity index (χ2n) is 3.59. The summed E-state index contributed by atoms with van der Waals surface area (Å²) in [6.07, 6.45) is -10.2. The van der Waals surface area contributed by atoms with Gasteiger partial charge < -0.3 is 4.74 Å². The van der Waals surface area contributed by atoms with Gasteiger partial charge in [0.1, 0.15) is 23.7 Å². The normalized spacial score (nSPS) is 35.3. The zero-order valence-corrected chi connectivity index (χ0v) is 7.19. The summed E-state index contributed by atoms with van der Waals surface area (Å²) in [6, 6.07) is 0. The van der Waals surface area contributed by atoms with Crippen LogP contribution in [0.25, 0.3) is 0 Å². The minimum Gasteiger partial charge on any atom is -0.493 e. The minimum atomic E-state index is -4.90. The van der Waals surface area contributed by atoms with Crippen molar-refractivity contribution in [3.8, 4) is 0 Å². The smallest absolute Gasteiger partial charge is 0.399 e. The molecule has 2 aliphatic heterocycles. The van der Waals surface area contributed by atoms with Crippen molar-refractivity contribution >= 4 is 0 Å². The number of alkyl halides is 6. The van der Waals surface area contributed by atoms with Gasteiger partial charge >= 0.3 is 12.4 Å². The van der Waals surface area contributed by atoms with Crippen molar-refractivity contribution in [1.82, 2.24) is 0 Å². The minimum absolute atomic E-state index is 0.0912. The third kappa shape index (κ3) is 1.57. The molecule has 0 saturated carbocycles. The molecular formula is C8H6F6O. The van der Waals surface area contributed by atoms with Crippen molar-refractivity contribution in [3.63, 3.8) is 0 Å². The second kappa shape index (κ2) is 2.82. The maximum atomic E-state index is 12.4. The van der Waals surface area contributed by atoms with Crippen LogP contribution in [-0.4, -0.2) is 18.5 Å². The van der Waals surface area contributed by atoms with Gasteiger partial charge in [-0.2, -0.15) is 26.3 Å². The van der Waals surface area contributed by atoms with E-state index in [4.69, 9.17) is 0 Å². The van der Waals surface area contributed by atoms with E-state index in [9.17, 15) is 26.3 Å². The Bertz CT molecular complexity index is 301. The van der Waals surface area contributed by atoms with Gasteiger partial charge in [0.2, 0.25) is 0 Å². The van der Waals surface area contributed by atoms with E-state index in [0.717, 1.165) is 6.08 Å². The lowest BCUT2D eigenvalue weighted by Crippen LogP contribution is -2.41. The topological polar surface area (TPSA) is 9.23 Å². The fraction of sp³-hybridized carbons (Fsp3) is 0.750. The number of hydrogen-bond donors (Lipinski definition) is 0. The number of ether oxygens (including phenoxy) is 1. The molecule has 0 aromatic carbocycles. The molecule has 0 N–H and O–H groups in total. The van der Waals surface area contributed by atoms with Crippen molar-refractivity contribution in [2.45, 2.75) is 24.9 Å². The van der Waals surface area contributed by atoms with E-state index < -0.39 is 36.1 Å². The van der Waals surface area contributed by atoms with E-state index in [1.54, 1.807) is 0 Å². The summed E-state index contributed by atoms with van der Waals surface area (Å²) in [4.78, 5) is 0. The molecule has 2 aliphatic rings. The Hall–Kier alpha value is -0.880. The average molecular weight is 232 g/mol. The molecule has 1 saturated heterocycles. The lowest BCUT2D eigenvalue weighted by Gasteiger charge is -2.26. The van der Waals surface area contributed by atoms with Crippen molar-refractivity contribution in [2.75, 3.05) is 0 Å². The molecule has 1 fully saturated rings. The number of fused-ring (bicyclic) bond motifs is 2. The predicted molar refractivity (Wildman–Crippen MR) is 36.7 cm³/mol. The van der Waals surface area contributed by atoms with Gasteiger partial charge in [-0.05, 0) is 6.08 Å². The maximum absolute atomic E-state index is 12.4. The highest BCUT2D eigenvalue weighted by Crippen LogP contribution is 2.55. The van der Waals surface area contributed by atoms with Crippen LogP contribution in [0.1, 0.15) is 6.42 Å². The van der Waals surface area contributed by atoms with E-state index in [0.29, 0.717) is 0 Å². The quantitative estimate of drug-likeness (QED) is 0.583. The van der Waals surface area contributed by atoms with Crippen molar-refractivity contribution in [2.24, 2.45) is 11.8 Å². The molecule has 15 heavy (non-hydrogen) atoms. The van der Waals surface area contributed by atoms with Crippen LogP contribution < -0.4 is 0 Å². The highest BCUT2D eigenvalue weighted by atomic mass is 19.4. The van der Waals surface area contributed by atoms with Gasteiger partial charge in [-0.15, -0.1) is 0 Å². The molecule has 0 amide bonds. The molecule has 86 valence electrons. The summed E-state index contributed by atoms with van der Waals surface area (Å²) in [7, 11) is 0. The molecule has 0 aromatic rings. The molecule has 0 radical (unpaired) electrons. The molecule has 2 bridgehead atoms. The molecule has 0 aliphatic carbocycles. The van der Waals surface area contributed by atoms with Crippen molar-refractivity contribution in [3.05, 3.63) is 11.8 Å². The van der Waals surface area contributed by atoms with E-state index >= 15 is 0 Å². The van der Waals surface area contributed by atoms with Gasteiger partial charge in [0, 0.05) is 6.42 Å². The number of rotatable bonds is 0. The summed E-state index contributed by atoms with van der Waals surface area (Å²) >= 11 is 0. The number of allylic oxidation sites excluding steroid dienone is 1. The first-order valence-electron chi connectivity index (χ1n) is 4.21. The Kier molecular flexibility index (Phi) is 2.00. The molecule has 1 nitrogen and oxygen atoms in total. The van der Waals surface area contributed by atoms with Crippen molar-refractivity contribution in [1.29, 1.82) is 0 Å². The van der Waals surface area contributed by atoms with Gasteiger partial charge in [-0.25, -0.2) is 0 Å². The molecule has 2 rings (SSSR count). The molecule has 0 aromatic heterocycles. The van der Waals surface area contributed by atoms with Crippen LogP contribution in [0.5, 0.6) is 0 Å². The Labute approximate surface area is 80.7 Å². The lowest BCUT2D eigenvalue weighted by atomic mass is 9.83. The summed E-state index contributed by atoms with van der Waals surface area (Å²) in [6.45, 7) is 0. The van der Waals surface area contributed by atoms with Crippen LogP contribution in [0.2, 0.25) is 0 Å². The van der Waals surface area contributed by atoms with E-state index in [1.807, 2.05) is 0 Å². The fourth-order valence-electron chi connectivity index (χ4n) is 2.08. The monoisotopic (exact) mass is 232 g/mol. The molecule has 3 atom stereocenters. The number of halogens is 6. The van der Waals surface area contributed by atoms with Crippen LogP contribution in [0.4, 0.5) is 26.3 Å². The molecule has 2 heterocycles. The van der Waals surface area contributed by atoms with Gasteiger partial charge in [0.05, 0.1) is 0 Å². The largest absolute Gasteiger partial charge is 0.493 e.